The van der Waals surface area contributed by atoms with Gasteiger partial charge in [-0.1, -0.05) is 166 Å². The quantitative estimate of drug-likeness (QED) is 0.168. The van der Waals surface area contributed by atoms with Crippen molar-refractivity contribution >= 4 is 17.1 Å². The van der Waals surface area contributed by atoms with Crippen LogP contribution in [0.4, 0.5) is 17.1 Å². The molecule has 0 radical (unpaired) electrons. The van der Waals surface area contributed by atoms with E-state index in [1.165, 1.54) is 44.5 Å². The van der Waals surface area contributed by atoms with Gasteiger partial charge >= 0.3 is 0 Å². The van der Waals surface area contributed by atoms with Gasteiger partial charge in [-0.15, -0.1) is 0 Å². The molecule has 9 aromatic carbocycles. The van der Waals surface area contributed by atoms with Crippen LogP contribution in [0, 0.1) is 0 Å². The lowest BCUT2D eigenvalue weighted by atomic mass is 9.82. The molecular weight excluding hydrogens is 715 g/mol. The number of rotatable bonds is 6. The minimum Gasteiger partial charge on any atom is -0.456 e. The van der Waals surface area contributed by atoms with Crippen LogP contribution < -0.4 is 9.64 Å². The third-order valence-electron chi connectivity index (χ3n) is 12.3. The molecule has 1 heterocycles. The zero-order chi connectivity index (χ0) is 39.5. The van der Waals surface area contributed by atoms with E-state index >= 15 is 0 Å². The van der Waals surface area contributed by atoms with E-state index in [0.717, 1.165) is 61.9 Å². The third-order valence-corrected chi connectivity index (χ3v) is 12.3. The second-order valence-electron chi connectivity index (χ2n) is 16.1. The van der Waals surface area contributed by atoms with Crippen LogP contribution in [-0.4, -0.2) is 0 Å². The molecule has 1 aliphatic heterocycles. The molecule has 2 nitrogen and oxygen atoms in total. The molecule has 0 atom stereocenters. The van der Waals surface area contributed by atoms with Crippen molar-refractivity contribution in [3.05, 3.63) is 223 Å². The molecule has 280 valence electrons. The minimum absolute atomic E-state index is 0.133. The molecule has 11 rings (SSSR count). The van der Waals surface area contributed by atoms with Crippen LogP contribution in [0.1, 0.15) is 25.0 Å². The van der Waals surface area contributed by atoms with Crippen LogP contribution in [-0.2, 0) is 5.41 Å². The van der Waals surface area contributed by atoms with Crippen molar-refractivity contribution < 1.29 is 4.74 Å². The zero-order valence-electron chi connectivity index (χ0n) is 33.1. The summed E-state index contributed by atoms with van der Waals surface area (Å²) in [6, 6.07) is 76.7. The van der Waals surface area contributed by atoms with E-state index in [1.54, 1.807) is 0 Å². The molecule has 9 aromatic rings. The summed E-state index contributed by atoms with van der Waals surface area (Å²) in [7, 11) is 0. The van der Waals surface area contributed by atoms with Crippen molar-refractivity contribution in [2.45, 2.75) is 19.3 Å². The van der Waals surface area contributed by atoms with Crippen LogP contribution in [0.3, 0.4) is 0 Å². The Kier molecular flexibility index (Phi) is 8.20. The molecular formula is C57H41NO. The largest absolute Gasteiger partial charge is 0.456 e. The number of anilines is 3. The molecule has 1 aliphatic carbocycles. The van der Waals surface area contributed by atoms with Gasteiger partial charge in [-0.25, -0.2) is 0 Å². The van der Waals surface area contributed by atoms with Gasteiger partial charge in [0.1, 0.15) is 11.5 Å². The highest BCUT2D eigenvalue weighted by atomic mass is 16.5. The second-order valence-corrected chi connectivity index (χ2v) is 16.1. The molecule has 2 heteroatoms. The van der Waals surface area contributed by atoms with Crippen molar-refractivity contribution in [1.82, 2.24) is 0 Å². The highest BCUT2D eigenvalue weighted by Gasteiger charge is 2.36. The van der Waals surface area contributed by atoms with Crippen molar-refractivity contribution in [1.29, 1.82) is 0 Å². The minimum atomic E-state index is -0.133. The normalized spacial score (nSPS) is 12.8. The van der Waals surface area contributed by atoms with Gasteiger partial charge in [-0.3, -0.25) is 0 Å². The summed E-state index contributed by atoms with van der Waals surface area (Å²) in [6.45, 7) is 4.70. The molecule has 0 saturated carbocycles. The number of benzene rings is 9. The van der Waals surface area contributed by atoms with Gasteiger partial charge in [0.2, 0.25) is 0 Å². The van der Waals surface area contributed by atoms with Gasteiger partial charge < -0.3 is 9.64 Å². The fraction of sp³-hybridized carbons (Fsp3) is 0.0526. The first kappa shape index (κ1) is 34.8. The molecule has 0 saturated heterocycles. The van der Waals surface area contributed by atoms with Gasteiger partial charge in [-0.2, -0.15) is 0 Å². The molecule has 2 aliphatic rings. The molecule has 0 spiro atoms. The average Bonchev–Trinajstić information content (AvgIpc) is 3.43. The molecule has 0 unspecified atom stereocenters. The molecule has 0 fully saturated rings. The Morgan fingerprint density at radius 1 is 0.305 bits per heavy atom. The van der Waals surface area contributed by atoms with E-state index in [0.29, 0.717) is 0 Å². The lowest BCUT2D eigenvalue weighted by molar-refractivity contribution is 0.488. The number of nitrogens with zero attached hydrogens (tertiary/aromatic N) is 1. The summed E-state index contributed by atoms with van der Waals surface area (Å²) < 4.78 is 7.01. The number of hydrogen-bond donors (Lipinski definition) is 0. The topological polar surface area (TPSA) is 12.5 Å². The van der Waals surface area contributed by atoms with Crippen LogP contribution in [0.15, 0.2) is 212 Å². The number of ether oxygens (including phenoxy) is 1. The molecule has 59 heavy (non-hydrogen) atoms. The Morgan fingerprint density at radius 3 is 1.49 bits per heavy atom. The van der Waals surface area contributed by atoms with Crippen molar-refractivity contribution in [2.75, 3.05) is 4.90 Å². The third kappa shape index (κ3) is 5.96. The Balaban J connectivity index is 1.09. The zero-order valence-corrected chi connectivity index (χ0v) is 33.1. The fourth-order valence-electron chi connectivity index (χ4n) is 9.24. The Hall–Kier alpha value is -7.42. The van der Waals surface area contributed by atoms with Gasteiger partial charge in [0.05, 0.1) is 0 Å². The van der Waals surface area contributed by atoms with E-state index in [4.69, 9.17) is 4.74 Å². The van der Waals surface area contributed by atoms with Crippen molar-refractivity contribution in [3.8, 4) is 78.3 Å². The summed E-state index contributed by atoms with van der Waals surface area (Å²) >= 11 is 0. The Labute approximate surface area is 346 Å². The van der Waals surface area contributed by atoms with Crippen LogP contribution in [0.2, 0.25) is 0 Å². The maximum atomic E-state index is 7.01. The summed E-state index contributed by atoms with van der Waals surface area (Å²) in [5.41, 5.74) is 19.9. The van der Waals surface area contributed by atoms with Crippen LogP contribution >= 0.6 is 0 Å². The predicted molar refractivity (Wildman–Crippen MR) is 246 cm³/mol. The maximum absolute atomic E-state index is 7.01. The fourth-order valence-corrected chi connectivity index (χ4v) is 9.24. The summed E-state index contributed by atoms with van der Waals surface area (Å²) in [6.07, 6.45) is 0. The van der Waals surface area contributed by atoms with Crippen molar-refractivity contribution in [2.24, 2.45) is 0 Å². The standard InChI is InChI=1S/C57H41NO/c1-57(2)53-21-13-12-20-48(53)49-32-28-46(37-54(49)57)58(44-26-22-41(23-27-44)38-14-6-3-7-15-38)45-29-33-55-52(36-45)47-30-24-42(39-16-8-4-9-17-39)34-51(47)50-31-25-43(35-56(50)59-55)40-18-10-5-11-19-40/h3-37H,1-2H3. The average molecular weight is 756 g/mol. The van der Waals surface area contributed by atoms with Gasteiger partial charge in [0.25, 0.3) is 0 Å². The van der Waals surface area contributed by atoms with E-state index in [9.17, 15) is 0 Å². The van der Waals surface area contributed by atoms with Gasteiger partial charge in [0.15, 0.2) is 0 Å². The van der Waals surface area contributed by atoms with Crippen LogP contribution in [0.25, 0.3) is 66.8 Å². The highest BCUT2D eigenvalue weighted by Crippen LogP contribution is 2.53. The molecule has 0 N–H and O–H groups in total. The first-order valence-corrected chi connectivity index (χ1v) is 20.4. The van der Waals surface area contributed by atoms with Crippen LogP contribution in [0.5, 0.6) is 11.5 Å². The van der Waals surface area contributed by atoms with Gasteiger partial charge in [-0.05, 0) is 127 Å². The molecule has 0 amide bonds. The number of fused-ring (bicyclic) bond motifs is 8. The lowest BCUT2D eigenvalue weighted by Crippen LogP contribution is -2.16. The first-order valence-electron chi connectivity index (χ1n) is 20.4. The monoisotopic (exact) mass is 755 g/mol. The molecule has 0 aromatic heterocycles. The maximum Gasteiger partial charge on any atom is 0.135 e. The van der Waals surface area contributed by atoms with E-state index in [2.05, 4.69) is 231 Å². The molecule has 0 bridgehead atoms. The first-order chi connectivity index (χ1) is 29.0. The Morgan fingerprint density at radius 2 is 0.797 bits per heavy atom. The number of hydrogen-bond acceptors (Lipinski definition) is 2. The van der Waals surface area contributed by atoms with E-state index in [-0.39, 0.29) is 5.41 Å². The summed E-state index contributed by atoms with van der Waals surface area (Å²) in [5, 5.41) is 0. The smallest absolute Gasteiger partial charge is 0.135 e. The predicted octanol–water partition coefficient (Wildman–Crippen LogP) is 15.9. The summed E-state index contributed by atoms with van der Waals surface area (Å²) in [5.74, 6) is 1.68. The SMILES string of the molecule is CC1(C)c2ccccc2-c2ccc(N(c3ccc(-c4ccccc4)cc3)c3ccc4c(c3)-c3ccc(-c5ccccc5)cc3-c3ccc(-c5ccccc5)cc3O4)cc21. The second kappa shape index (κ2) is 13.9. The van der Waals surface area contributed by atoms with E-state index in [1.807, 2.05) is 0 Å². The summed E-state index contributed by atoms with van der Waals surface area (Å²) in [4.78, 5) is 2.40. The lowest BCUT2D eigenvalue weighted by Gasteiger charge is -2.29. The van der Waals surface area contributed by atoms with Gasteiger partial charge in [0, 0.05) is 33.6 Å². The van der Waals surface area contributed by atoms with E-state index < -0.39 is 0 Å². The Bertz CT molecular complexity index is 3020. The highest BCUT2D eigenvalue weighted by molar-refractivity contribution is 5.96. The van der Waals surface area contributed by atoms with Crippen molar-refractivity contribution in [3.63, 3.8) is 0 Å².